The summed E-state index contributed by atoms with van der Waals surface area (Å²) < 4.78 is 21.0. The van der Waals surface area contributed by atoms with Gasteiger partial charge in [-0.05, 0) is 12.5 Å². The van der Waals surface area contributed by atoms with E-state index >= 15 is 0 Å². The summed E-state index contributed by atoms with van der Waals surface area (Å²) in [5.74, 6) is 0.0430. The van der Waals surface area contributed by atoms with Gasteiger partial charge in [0, 0.05) is 25.7 Å². The largest absolute Gasteiger partial charge is 0.496 e. The predicted molar refractivity (Wildman–Crippen MR) is 104 cm³/mol. The van der Waals surface area contributed by atoms with E-state index in [-0.39, 0.29) is 17.2 Å². The molecular weight excluding hydrogens is 362 g/mol. The Hall–Kier alpha value is -3.22. The normalized spacial score (nSPS) is 11.3. The Balaban J connectivity index is 2.11. The van der Waals surface area contributed by atoms with Crippen molar-refractivity contribution >= 4 is 11.9 Å². The number of rotatable bonds is 8. The average Bonchev–Trinajstić information content (AvgIpc) is 2.72. The van der Waals surface area contributed by atoms with Crippen LogP contribution in [0.5, 0.6) is 17.2 Å². The highest BCUT2D eigenvalue weighted by Gasteiger charge is 2.25. The van der Waals surface area contributed by atoms with Crippen molar-refractivity contribution in [3.05, 3.63) is 53.6 Å². The molecule has 0 aliphatic rings. The zero-order valence-electron chi connectivity index (χ0n) is 16.7. The van der Waals surface area contributed by atoms with E-state index in [1.165, 1.54) is 45.3 Å². The molecule has 28 heavy (non-hydrogen) atoms. The van der Waals surface area contributed by atoms with Gasteiger partial charge >= 0.3 is 5.97 Å². The van der Waals surface area contributed by atoms with Gasteiger partial charge in [-0.3, -0.25) is 4.79 Å². The first-order valence-electron chi connectivity index (χ1n) is 8.71. The maximum absolute atomic E-state index is 12.6. The maximum atomic E-state index is 12.6. The number of hydrogen-bond donors (Lipinski definition) is 0. The fraction of sp³-hybridized carbons (Fsp3) is 0.333. The number of benzene rings is 2. The van der Waals surface area contributed by atoms with Crippen LogP contribution in [-0.4, -0.2) is 51.3 Å². The maximum Gasteiger partial charge on any atom is 0.342 e. The molecule has 0 aliphatic carbocycles. The molecule has 2 aromatic carbocycles. The highest BCUT2D eigenvalue weighted by Crippen LogP contribution is 2.35. The van der Waals surface area contributed by atoms with Gasteiger partial charge in [0.1, 0.15) is 11.3 Å². The monoisotopic (exact) mass is 387 g/mol. The molecule has 150 valence electrons. The molecular formula is C21H25NO6. The molecule has 0 heterocycles. The first-order chi connectivity index (χ1) is 13.4. The summed E-state index contributed by atoms with van der Waals surface area (Å²) in [4.78, 5) is 26.7. The first-order valence-corrected chi connectivity index (χ1v) is 8.71. The van der Waals surface area contributed by atoms with Crippen molar-refractivity contribution in [2.24, 2.45) is 0 Å². The first kappa shape index (κ1) is 21.1. The van der Waals surface area contributed by atoms with Crippen molar-refractivity contribution in [3.8, 4) is 17.2 Å². The Morgan fingerprint density at radius 1 is 0.929 bits per heavy atom. The van der Waals surface area contributed by atoms with Gasteiger partial charge in [-0.1, -0.05) is 30.3 Å². The number of hydrogen-bond acceptors (Lipinski definition) is 6. The second-order valence-corrected chi connectivity index (χ2v) is 6.13. The second-order valence-electron chi connectivity index (χ2n) is 6.13. The molecule has 0 radical (unpaired) electrons. The molecule has 1 unspecified atom stereocenters. The van der Waals surface area contributed by atoms with E-state index in [0.717, 1.165) is 5.56 Å². The van der Waals surface area contributed by atoms with Crippen molar-refractivity contribution in [1.82, 2.24) is 4.90 Å². The van der Waals surface area contributed by atoms with E-state index in [1.54, 1.807) is 7.05 Å². The standard InChI is InChI=1S/C21H25NO6/c1-14(20(23)22(2)13-15-9-7-6-8-10-15)28-21(24)16-11-18(26-4)19(27-5)12-17(16)25-3/h6-12,14H,13H2,1-5H3. The Morgan fingerprint density at radius 2 is 1.50 bits per heavy atom. The number of amides is 1. The molecule has 0 aliphatic heterocycles. The SMILES string of the molecule is COc1cc(OC)c(C(=O)OC(C)C(=O)N(C)Cc2ccccc2)cc1OC. The number of carbonyl (C=O) groups is 2. The third kappa shape index (κ3) is 4.94. The number of carbonyl (C=O) groups excluding carboxylic acids is 2. The zero-order chi connectivity index (χ0) is 20.7. The second kappa shape index (κ2) is 9.64. The Bertz CT molecular complexity index is 821. The van der Waals surface area contributed by atoms with Crippen molar-refractivity contribution in [2.45, 2.75) is 19.6 Å². The highest BCUT2D eigenvalue weighted by molar-refractivity contribution is 5.95. The third-order valence-corrected chi connectivity index (χ3v) is 4.20. The number of esters is 1. The van der Waals surface area contributed by atoms with Gasteiger partial charge in [0.2, 0.25) is 0 Å². The average molecular weight is 387 g/mol. The van der Waals surface area contributed by atoms with Gasteiger partial charge < -0.3 is 23.8 Å². The molecule has 0 N–H and O–H groups in total. The summed E-state index contributed by atoms with van der Waals surface area (Å²) in [7, 11) is 6.04. The van der Waals surface area contributed by atoms with E-state index in [4.69, 9.17) is 18.9 Å². The quantitative estimate of drug-likeness (QED) is 0.649. The molecule has 0 spiro atoms. The number of likely N-dealkylation sites (N-methyl/N-ethyl adjacent to an activating group) is 1. The van der Waals surface area contributed by atoms with Crippen LogP contribution in [0.4, 0.5) is 0 Å². The molecule has 0 saturated heterocycles. The van der Waals surface area contributed by atoms with Crippen LogP contribution in [-0.2, 0) is 16.1 Å². The van der Waals surface area contributed by atoms with Crippen LogP contribution in [0.2, 0.25) is 0 Å². The van der Waals surface area contributed by atoms with E-state index in [9.17, 15) is 9.59 Å². The Morgan fingerprint density at radius 3 is 2.07 bits per heavy atom. The zero-order valence-corrected chi connectivity index (χ0v) is 16.7. The Labute approximate surface area is 164 Å². The summed E-state index contributed by atoms with van der Waals surface area (Å²) in [6.07, 6.45) is -0.959. The van der Waals surface area contributed by atoms with Gasteiger partial charge in [0.15, 0.2) is 17.6 Å². The number of nitrogens with zero attached hydrogens (tertiary/aromatic N) is 1. The summed E-state index contributed by atoms with van der Waals surface area (Å²) in [6.45, 7) is 1.95. The lowest BCUT2D eigenvalue weighted by Crippen LogP contribution is -2.37. The summed E-state index contributed by atoms with van der Waals surface area (Å²) >= 11 is 0. The van der Waals surface area contributed by atoms with Crippen LogP contribution in [0.15, 0.2) is 42.5 Å². The molecule has 7 nitrogen and oxygen atoms in total. The third-order valence-electron chi connectivity index (χ3n) is 4.20. The van der Waals surface area contributed by atoms with Crippen LogP contribution >= 0.6 is 0 Å². The van der Waals surface area contributed by atoms with Crippen LogP contribution in [0.1, 0.15) is 22.8 Å². The molecule has 1 atom stereocenters. The van der Waals surface area contributed by atoms with Gasteiger partial charge in [0.05, 0.1) is 21.3 Å². The molecule has 0 fully saturated rings. The molecule has 0 bridgehead atoms. The van der Waals surface area contributed by atoms with Gasteiger partial charge in [-0.25, -0.2) is 4.79 Å². The fourth-order valence-electron chi connectivity index (χ4n) is 2.71. The van der Waals surface area contributed by atoms with Crippen LogP contribution in [0, 0.1) is 0 Å². The van der Waals surface area contributed by atoms with Crippen molar-refractivity contribution < 1.29 is 28.5 Å². The van der Waals surface area contributed by atoms with E-state index < -0.39 is 12.1 Å². The van der Waals surface area contributed by atoms with Crippen LogP contribution < -0.4 is 14.2 Å². The Kier molecular flexibility index (Phi) is 7.26. The molecule has 2 rings (SSSR count). The van der Waals surface area contributed by atoms with Gasteiger partial charge in [-0.2, -0.15) is 0 Å². The molecule has 7 heteroatoms. The van der Waals surface area contributed by atoms with Gasteiger partial charge in [-0.15, -0.1) is 0 Å². The summed E-state index contributed by atoms with van der Waals surface area (Å²) in [5.41, 5.74) is 1.13. The fourth-order valence-corrected chi connectivity index (χ4v) is 2.71. The van der Waals surface area contributed by atoms with Crippen molar-refractivity contribution in [2.75, 3.05) is 28.4 Å². The summed E-state index contributed by atoms with van der Waals surface area (Å²) in [6, 6.07) is 12.6. The minimum atomic E-state index is -0.959. The smallest absolute Gasteiger partial charge is 0.342 e. The van der Waals surface area contributed by atoms with E-state index in [2.05, 4.69) is 0 Å². The van der Waals surface area contributed by atoms with Crippen molar-refractivity contribution in [3.63, 3.8) is 0 Å². The van der Waals surface area contributed by atoms with E-state index in [1.807, 2.05) is 30.3 Å². The molecule has 0 aromatic heterocycles. The van der Waals surface area contributed by atoms with Gasteiger partial charge in [0.25, 0.3) is 5.91 Å². The summed E-state index contributed by atoms with van der Waals surface area (Å²) in [5, 5.41) is 0. The molecule has 0 saturated carbocycles. The minimum absolute atomic E-state index is 0.144. The minimum Gasteiger partial charge on any atom is -0.496 e. The van der Waals surface area contributed by atoms with Crippen LogP contribution in [0.3, 0.4) is 0 Å². The van der Waals surface area contributed by atoms with Crippen LogP contribution in [0.25, 0.3) is 0 Å². The number of methoxy groups -OCH3 is 3. The predicted octanol–water partition coefficient (Wildman–Crippen LogP) is 2.92. The van der Waals surface area contributed by atoms with E-state index in [0.29, 0.717) is 18.0 Å². The lowest BCUT2D eigenvalue weighted by molar-refractivity contribution is -0.139. The number of ether oxygens (including phenoxy) is 4. The molecule has 2 aromatic rings. The molecule has 1 amide bonds. The lowest BCUT2D eigenvalue weighted by atomic mass is 10.1. The highest BCUT2D eigenvalue weighted by atomic mass is 16.6. The van der Waals surface area contributed by atoms with Crippen molar-refractivity contribution in [1.29, 1.82) is 0 Å². The topological polar surface area (TPSA) is 74.3 Å². The lowest BCUT2D eigenvalue weighted by Gasteiger charge is -2.22.